The summed E-state index contributed by atoms with van der Waals surface area (Å²) in [5, 5.41) is 11.5. The van der Waals surface area contributed by atoms with Gasteiger partial charge in [-0.15, -0.1) is 0 Å². The molecule has 0 aromatic heterocycles. The fraction of sp³-hybridized carbons (Fsp3) is 0.333. The maximum Gasteiger partial charge on any atom is 0.326 e. The van der Waals surface area contributed by atoms with Crippen LogP contribution in [-0.4, -0.2) is 35.0 Å². The minimum atomic E-state index is -1.07. The monoisotopic (exact) mass is 397 g/mol. The van der Waals surface area contributed by atoms with Crippen LogP contribution < -0.4 is 5.32 Å². The second-order valence-corrected chi connectivity index (χ2v) is 5.92. The third-order valence-electron chi connectivity index (χ3n) is 2.39. The normalized spacial score (nSPS) is 11.9. The second-order valence-electron chi connectivity index (χ2n) is 3.77. The lowest BCUT2D eigenvalue weighted by Crippen LogP contribution is -2.41. The average molecular weight is 397 g/mol. The molecular formula is C12H13FINO3S. The first-order valence-corrected chi connectivity index (χ1v) is 7.90. The highest BCUT2D eigenvalue weighted by atomic mass is 127. The summed E-state index contributed by atoms with van der Waals surface area (Å²) in [5.41, 5.74) is 0.275. The van der Waals surface area contributed by atoms with E-state index in [0.29, 0.717) is 15.7 Å². The number of rotatable bonds is 6. The van der Waals surface area contributed by atoms with Crippen molar-refractivity contribution < 1.29 is 19.1 Å². The van der Waals surface area contributed by atoms with Crippen LogP contribution in [0.1, 0.15) is 16.8 Å². The fourth-order valence-electron chi connectivity index (χ4n) is 1.40. The summed E-state index contributed by atoms with van der Waals surface area (Å²) in [6, 6.07) is 2.82. The Morgan fingerprint density at radius 2 is 2.21 bits per heavy atom. The van der Waals surface area contributed by atoms with Gasteiger partial charge in [0.05, 0.1) is 5.56 Å². The fourth-order valence-corrected chi connectivity index (χ4v) is 2.60. The van der Waals surface area contributed by atoms with E-state index in [1.165, 1.54) is 30.0 Å². The van der Waals surface area contributed by atoms with E-state index in [1.54, 1.807) is 0 Å². The molecule has 19 heavy (non-hydrogen) atoms. The Morgan fingerprint density at radius 1 is 1.53 bits per heavy atom. The number of hydrogen-bond acceptors (Lipinski definition) is 3. The van der Waals surface area contributed by atoms with Crippen LogP contribution in [0.5, 0.6) is 0 Å². The van der Waals surface area contributed by atoms with Gasteiger partial charge < -0.3 is 10.4 Å². The van der Waals surface area contributed by atoms with Crippen molar-refractivity contribution in [3.63, 3.8) is 0 Å². The Hall–Kier alpha value is -0.830. The molecule has 1 atom stereocenters. The minimum absolute atomic E-state index is 0.275. The van der Waals surface area contributed by atoms with Gasteiger partial charge in [0, 0.05) is 3.57 Å². The summed E-state index contributed by atoms with van der Waals surface area (Å²) in [6.45, 7) is 0. The number of carboxylic acids is 1. The highest BCUT2D eigenvalue weighted by Crippen LogP contribution is 2.14. The molecule has 104 valence electrons. The zero-order chi connectivity index (χ0) is 14.4. The summed E-state index contributed by atoms with van der Waals surface area (Å²) < 4.78 is 13.4. The molecule has 0 aliphatic heterocycles. The molecule has 1 aromatic carbocycles. The molecule has 1 amide bonds. The van der Waals surface area contributed by atoms with Crippen molar-refractivity contribution in [3.05, 3.63) is 33.1 Å². The standard InChI is InChI=1S/C12H13FINO3S/c1-19-5-4-10(12(17)18)15-11(16)8-3-2-7(13)6-9(8)14/h2-3,6,10H,4-5H2,1H3,(H,15,16)(H,17,18). The number of amides is 1. The molecule has 0 aliphatic rings. The van der Waals surface area contributed by atoms with Gasteiger partial charge in [0.15, 0.2) is 0 Å². The Morgan fingerprint density at radius 3 is 2.74 bits per heavy atom. The smallest absolute Gasteiger partial charge is 0.326 e. The molecule has 1 rings (SSSR count). The van der Waals surface area contributed by atoms with Gasteiger partial charge in [0.25, 0.3) is 5.91 Å². The molecular weight excluding hydrogens is 384 g/mol. The highest BCUT2D eigenvalue weighted by Gasteiger charge is 2.21. The minimum Gasteiger partial charge on any atom is -0.480 e. The Bertz CT molecular complexity index is 484. The number of carbonyl (C=O) groups excluding carboxylic acids is 1. The molecule has 0 radical (unpaired) electrons. The number of carboxylic acid groups (broad SMARTS) is 1. The summed E-state index contributed by atoms with van der Waals surface area (Å²) in [4.78, 5) is 23.0. The van der Waals surface area contributed by atoms with E-state index in [-0.39, 0.29) is 5.56 Å². The summed E-state index contributed by atoms with van der Waals surface area (Å²) in [6.07, 6.45) is 2.21. The molecule has 0 fully saturated rings. The number of thioether (sulfide) groups is 1. The lowest BCUT2D eigenvalue weighted by atomic mass is 10.1. The largest absolute Gasteiger partial charge is 0.480 e. The average Bonchev–Trinajstić information content (AvgIpc) is 2.33. The van der Waals surface area contributed by atoms with Gasteiger partial charge in [-0.2, -0.15) is 11.8 Å². The lowest BCUT2D eigenvalue weighted by Gasteiger charge is -2.14. The van der Waals surface area contributed by atoms with E-state index in [2.05, 4.69) is 5.32 Å². The van der Waals surface area contributed by atoms with Gasteiger partial charge in [0.2, 0.25) is 0 Å². The van der Waals surface area contributed by atoms with E-state index in [1.807, 2.05) is 28.8 Å². The van der Waals surface area contributed by atoms with Gasteiger partial charge in [-0.3, -0.25) is 4.79 Å². The molecule has 7 heteroatoms. The first-order chi connectivity index (χ1) is 8.95. The number of nitrogens with one attached hydrogen (secondary N) is 1. The van der Waals surface area contributed by atoms with Crippen molar-refractivity contribution in [2.24, 2.45) is 0 Å². The van der Waals surface area contributed by atoms with Crippen LogP contribution in [0.15, 0.2) is 18.2 Å². The molecule has 0 heterocycles. The third-order valence-corrected chi connectivity index (χ3v) is 3.93. The lowest BCUT2D eigenvalue weighted by molar-refractivity contribution is -0.139. The van der Waals surface area contributed by atoms with Crippen molar-refractivity contribution in [3.8, 4) is 0 Å². The van der Waals surface area contributed by atoms with Gasteiger partial charge in [0.1, 0.15) is 11.9 Å². The summed E-state index contributed by atoms with van der Waals surface area (Å²) >= 11 is 3.35. The van der Waals surface area contributed by atoms with Crippen molar-refractivity contribution in [2.75, 3.05) is 12.0 Å². The Kier molecular flexibility index (Phi) is 6.56. The van der Waals surface area contributed by atoms with Crippen LogP contribution >= 0.6 is 34.4 Å². The SMILES string of the molecule is CSCCC(NC(=O)c1ccc(F)cc1I)C(=O)O. The number of benzene rings is 1. The first-order valence-electron chi connectivity index (χ1n) is 5.43. The van der Waals surface area contributed by atoms with Crippen molar-refractivity contribution >= 4 is 46.2 Å². The molecule has 0 saturated carbocycles. The predicted octanol–water partition coefficient (Wildman–Crippen LogP) is 2.37. The highest BCUT2D eigenvalue weighted by molar-refractivity contribution is 14.1. The van der Waals surface area contributed by atoms with Crippen molar-refractivity contribution in [2.45, 2.75) is 12.5 Å². The van der Waals surface area contributed by atoms with Crippen molar-refractivity contribution in [1.82, 2.24) is 5.32 Å². The molecule has 0 spiro atoms. The Balaban J connectivity index is 2.78. The molecule has 0 saturated heterocycles. The number of aliphatic carboxylic acids is 1. The Labute approximate surface area is 128 Å². The summed E-state index contributed by atoms with van der Waals surface area (Å²) in [7, 11) is 0. The molecule has 0 aliphatic carbocycles. The molecule has 0 bridgehead atoms. The van der Waals surface area contributed by atoms with Crippen LogP contribution in [-0.2, 0) is 4.79 Å². The van der Waals surface area contributed by atoms with E-state index in [4.69, 9.17) is 5.11 Å². The number of halogens is 2. The van der Waals surface area contributed by atoms with E-state index >= 15 is 0 Å². The van der Waals surface area contributed by atoms with Crippen LogP contribution in [0.25, 0.3) is 0 Å². The van der Waals surface area contributed by atoms with Gasteiger partial charge >= 0.3 is 5.97 Å². The molecule has 4 nitrogen and oxygen atoms in total. The van der Waals surface area contributed by atoms with E-state index < -0.39 is 23.7 Å². The molecule has 1 aromatic rings. The second kappa shape index (κ2) is 7.68. The number of hydrogen-bond donors (Lipinski definition) is 2. The van der Waals surface area contributed by atoms with Crippen LogP contribution in [0.3, 0.4) is 0 Å². The van der Waals surface area contributed by atoms with Crippen LogP contribution in [0.4, 0.5) is 4.39 Å². The van der Waals surface area contributed by atoms with E-state index in [0.717, 1.165) is 0 Å². The maximum atomic E-state index is 12.9. The zero-order valence-electron chi connectivity index (χ0n) is 10.2. The van der Waals surface area contributed by atoms with Crippen LogP contribution in [0.2, 0.25) is 0 Å². The van der Waals surface area contributed by atoms with Gasteiger partial charge in [-0.25, -0.2) is 9.18 Å². The van der Waals surface area contributed by atoms with Crippen LogP contribution in [0, 0.1) is 9.39 Å². The zero-order valence-corrected chi connectivity index (χ0v) is 13.1. The predicted molar refractivity (Wildman–Crippen MR) is 81.0 cm³/mol. The molecule has 2 N–H and O–H groups in total. The first kappa shape index (κ1) is 16.2. The van der Waals surface area contributed by atoms with Gasteiger partial charge in [-0.1, -0.05) is 0 Å². The number of carbonyl (C=O) groups is 2. The third kappa shape index (κ3) is 4.98. The van der Waals surface area contributed by atoms with E-state index in [9.17, 15) is 14.0 Å². The van der Waals surface area contributed by atoms with Gasteiger partial charge in [-0.05, 0) is 59.2 Å². The maximum absolute atomic E-state index is 12.9. The van der Waals surface area contributed by atoms with Crippen molar-refractivity contribution in [1.29, 1.82) is 0 Å². The quantitative estimate of drug-likeness (QED) is 0.724. The topological polar surface area (TPSA) is 66.4 Å². The molecule has 1 unspecified atom stereocenters. The summed E-state index contributed by atoms with van der Waals surface area (Å²) in [5.74, 6) is -1.37.